The molecular formula is C18H26N2O3S. The van der Waals surface area contributed by atoms with Gasteiger partial charge in [0.2, 0.25) is 10.0 Å². The molecule has 0 atom stereocenters. The van der Waals surface area contributed by atoms with Gasteiger partial charge in [0.1, 0.15) is 5.76 Å². The predicted octanol–water partition coefficient (Wildman–Crippen LogP) is 3.50. The molecule has 0 saturated carbocycles. The molecule has 0 aliphatic rings. The van der Waals surface area contributed by atoms with Gasteiger partial charge >= 0.3 is 0 Å². The summed E-state index contributed by atoms with van der Waals surface area (Å²) in [6, 6.07) is 6.82. The Morgan fingerprint density at radius 1 is 1.12 bits per heavy atom. The summed E-state index contributed by atoms with van der Waals surface area (Å²) < 4.78 is 32.9. The fraction of sp³-hybridized carbons (Fsp3) is 0.500. The van der Waals surface area contributed by atoms with Gasteiger partial charge in [0, 0.05) is 18.4 Å². The third-order valence-corrected chi connectivity index (χ3v) is 5.22. The van der Waals surface area contributed by atoms with Crippen molar-refractivity contribution in [2.45, 2.75) is 57.8 Å². The molecule has 0 radical (unpaired) electrons. The SMILES string of the molecule is Cc1ccc(S(=O)(=O)NCCCc2oc(C(C)(C)C)nc2C)cc1. The molecule has 6 heteroatoms. The molecule has 2 rings (SSSR count). The molecule has 1 aromatic carbocycles. The first-order valence-electron chi connectivity index (χ1n) is 8.13. The number of nitrogens with one attached hydrogen (secondary N) is 1. The number of rotatable bonds is 6. The van der Waals surface area contributed by atoms with Crippen molar-refractivity contribution in [3.63, 3.8) is 0 Å². The normalized spacial score (nSPS) is 12.5. The number of aromatic nitrogens is 1. The van der Waals surface area contributed by atoms with E-state index in [9.17, 15) is 8.42 Å². The Kier molecular flexibility index (Phi) is 5.50. The van der Waals surface area contributed by atoms with Crippen LogP contribution in [0.1, 0.15) is 50.1 Å². The largest absolute Gasteiger partial charge is 0.445 e. The van der Waals surface area contributed by atoms with Crippen LogP contribution in [0.15, 0.2) is 33.6 Å². The average Bonchev–Trinajstić information content (AvgIpc) is 2.85. The zero-order chi connectivity index (χ0) is 18.0. The Hall–Kier alpha value is -1.66. The van der Waals surface area contributed by atoms with Gasteiger partial charge < -0.3 is 4.42 Å². The van der Waals surface area contributed by atoms with E-state index in [0.717, 1.165) is 22.9 Å². The van der Waals surface area contributed by atoms with Crippen molar-refractivity contribution in [3.05, 3.63) is 47.2 Å². The van der Waals surface area contributed by atoms with Crippen molar-refractivity contribution in [3.8, 4) is 0 Å². The molecule has 1 N–H and O–H groups in total. The molecule has 0 aliphatic heterocycles. The molecule has 0 bridgehead atoms. The van der Waals surface area contributed by atoms with Crippen LogP contribution in [0.2, 0.25) is 0 Å². The van der Waals surface area contributed by atoms with E-state index in [2.05, 4.69) is 30.5 Å². The van der Waals surface area contributed by atoms with E-state index < -0.39 is 10.0 Å². The van der Waals surface area contributed by atoms with Crippen molar-refractivity contribution >= 4 is 10.0 Å². The van der Waals surface area contributed by atoms with Crippen molar-refractivity contribution in [1.29, 1.82) is 0 Å². The van der Waals surface area contributed by atoms with Crippen molar-refractivity contribution in [2.75, 3.05) is 6.54 Å². The predicted molar refractivity (Wildman–Crippen MR) is 94.6 cm³/mol. The van der Waals surface area contributed by atoms with Gasteiger partial charge in [0.15, 0.2) is 5.89 Å². The number of sulfonamides is 1. The first-order chi connectivity index (χ1) is 11.1. The molecule has 0 spiro atoms. The van der Waals surface area contributed by atoms with Gasteiger partial charge in [-0.05, 0) is 32.4 Å². The number of benzene rings is 1. The van der Waals surface area contributed by atoms with E-state index in [4.69, 9.17) is 4.42 Å². The molecule has 5 nitrogen and oxygen atoms in total. The first-order valence-corrected chi connectivity index (χ1v) is 9.61. The summed E-state index contributed by atoms with van der Waals surface area (Å²) >= 11 is 0. The van der Waals surface area contributed by atoms with Crippen LogP contribution in [-0.2, 0) is 21.9 Å². The van der Waals surface area contributed by atoms with Crippen LogP contribution in [0.4, 0.5) is 0 Å². The third kappa shape index (κ3) is 4.68. The highest BCUT2D eigenvalue weighted by Crippen LogP contribution is 2.24. The van der Waals surface area contributed by atoms with Gasteiger partial charge in [0.25, 0.3) is 0 Å². The lowest BCUT2D eigenvalue weighted by molar-refractivity contribution is 0.370. The van der Waals surface area contributed by atoms with E-state index in [1.807, 2.05) is 13.8 Å². The van der Waals surface area contributed by atoms with Crippen molar-refractivity contribution in [1.82, 2.24) is 9.71 Å². The molecule has 0 saturated heterocycles. The summed E-state index contributed by atoms with van der Waals surface area (Å²) in [7, 11) is -3.46. The summed E-state index contributed by atoms with van der Waals surface area (Å²) in [5, 5.41) is 0. The molecule has 132 valence electrons. The average molecular weight is 350 g/mol. The maximum absolute atomic E-state index is 12.2. The summed E-state index contributed by atoms with van der Waals surface area (Å²) in [6.07, 6.45) is 1.32. The second-order valence-corrected chi connectivity index (χ2v) is 8.86. The van der Waals surface area contributed by atoms with Crippen LogP contribution in [0.5, 0.6) is 0 Å². The Balaban J connectivity index is 1.91. The molecule has 24 heavy (non-hydrogen) atoms. The monoisotopic (exact) mass is 350 g/mol. The smallest absolute Gasteiger partial charge is 0.240 e. The summed E-state index contributed by atoms with van der Waals surface area (Å²) in [5.41, 5.74) is 1.78. The van der Waals surface area contributed by atoms with Crippen LogP contribution in [0.25, 0.3) is 0 Å². The maximum atomic E-state index is 12.2. The number of hydrogen-bond acceptors (Lipinski definition) is 4. The Bertz CT molecular complexity index is 785. The van der Waals surface area contributed by atoms with Crippen molar-refractivity contribution in [2.24, 2.45) is 0 Å². The standard InChI is InChI=1S/C18H26N2O3S/c1-13-8-10-15(11-9-13)24(21,22)19-12-6-7-16-14(2)20-17(23-16)18(3,4)5/h8-11,19H,6-7,12H2,1-5H3. The third-order valence-electron chi connectivity index (χ3n) is 3.74. The van der Waals surface area contributed by atoms with Gasteiger partial charge in [-0.3, -0.25) is 0 Å². The summed E-state index contributed by atoms with van der Waals surface area (Å²) in [5.74, 6) is 1.55. The Morgan fingerprint density at radius 2 is 1.75 bits per heavy atom. The van der Waals surface area contributed by atoms with Crippen LogP contribution < -0.4 is 4.72 Å². The minimum Gasteiger partial charge on any atom is -0.445 e. The van der Waals surface area contributed by atoms with E-state index in [1.54, 1.807) is 24.3 Å². The fourth-order valence-electron chi connectivity index (χ4n) is 2.24. The lowest BCUT2D eigenvalue weighted by atomic mass is 9.97. The Morgan fingerprint density at radius 3 is 2.29 bits per heavy atom. The van der Waals surface area contributed by atoms with Crippen LogP contribution >= 0.6 is 0 Å². The second-order valence-electron chi connectivity index (χ2n) is 7.09. The molecule has 1 aromatic heterocycles. The highest BCUT2D eigenvalue weighted by molar-refractivity contribution is 7.89. The van der Waals surface area contributed by atoms with Gasteiger partial charge in [-0.1, -0.05) is 38.5 Å². The topological polar surface area (TPSA) is 72.2 Å². The first kappa shape index (κ1) is 18.7. The van der Waals surface area contributed by atoms with Gasteiger partial charge in [-0.25, -0.2) is 18.1 Å². The number of oxazole rings is 1. The van der Waals surface area contributed by atoms with E-state index in [-0.39, 0.29) is 5.41 Å². The van der Waals surface area contributed by atoms with Crippen LogP contribution in [-0.4, -0.2) is 19.9 Å². The fourth-order valence-corrected chi connectivity index (χ4v) is 3.31. The lowest BCUT2D eigenvalue weighted by Crippen LogP contribution is -2.25. The minimum atomic E-state index is -3.46. The molecule has 0 unspecified atom stereocenters. The molecule has 1 heterocycles. The van der Waals surface area contributed by atoms with Gasteiger partial charge in [0.05, 0.1) is 10.6 Å². The number of hydrogen-bond donors (Lipinski definition) is 1. The molecule has 2 aromatic rings. The molecule has 0 aliphatic carbocycles. The summed E-state index contributed by atoms with van der Waals surface area (Å²) in [6.45, 7) is 10.4. The van der Waals surface area contributed by atoms with Crippen LogP contribution in [0, 0.1) is 13.8 Å². The quantitative estimate of drug-likeness (QED) is 0.809. The number of nitrogens with zero attached hydrogens (tertiary/aromatic N) is 1. The van der Waals surface area contributed by atoms with Crippen molar-refractivity contribution < 1.29 is 12.8 Å². The van der Waals surface area contributed by atoms with Crippen LogP contribution in [0.3, 0.4) is 0 Å². The van der Waals surface area contributed by atoms with E-state index in [1.165, 1.54) is 0 Å². The molecular weight excluding hydrogens is 324 g/mol. The lowest BCUT2D eigenvalue weighted by Gasteiger charge is -2.12. The summed E-state index contributed by atoms with van der Waals surface area (Å²) in [4.78, 5) is 4.75. The number of aryl methyl sites for hydroxylation is 3. The second kappa shape index (κ2) is 7.07. The molecule has 0 amide bonds. The zero-order valence-corrected chi connectivity index (χ0v) is 15.8. The van der Waals surface area contributed by atoms with Gasteiger partial charge in [-0.15, -0.1) is 0 Å². The van der Waals surface area contributed by atoms with E-state index in [0.29, 0.717) is 24.3 Å². The van der Waals surface area contributed by atoms with E-state index >= 15 is 0 Å². The van der Waals surface area contributed by atoms with Gasteiger partial charge in [-0.2, -0.15) is 0 Å². The highest BCUT2D eigenvalue weighted by atomic mass is 32.2. The zero-order valence-electron chi connectivity index (χ0n) is 15.0. The molecule has 0 fully saturated rings. The maximum Gasteiger partial charge on any atom is 0.240 e. The Labute approximate surface area is 144 Å². The minimum absolute atomic E-state index is 0.129. The highest BCUT2D eigenvalue weighted by Gasteiger charge is 2.22.